The van der Waals surface area contributed by atoms with Gasteiger partial charge in [-0.15, -0.1) is 6.58 Å². The lowest BCUT2D eigenvalue weighted by Gasteiger charge is -2.44. The minimum Gasteiger partial charge on any atom is -0.414 e. The molecule has 0 saturated carbocycles. The van der Waals surface area contributed by atoms with Crippen molar-refractivity contribution in [3.8, 4) is 0 Å². The lowest BCUT2D eigenvalue weighted by atomic mass is 9.98. The fourth-order valence-electron chi connectivity index (χ4n) is 5.96. The van der Waals surface area contributed by atoms with E-state index in [9.17, 15) is 5.11 Å². The Hall–Kier alpha value is 0.231. The Balaban J connectivity index is 5.93. The summed E-state index contributed by atoms with van der Waals surface area (Å²) in [5.41, 5.74) is 0. The van der Waals surface area contributed by atoms with Crippen LogP contribution >= 0.6 is 0 Å². The van der Waals surface area contributed by atoms with Crippen molar-refractivity contribution in [1.29, 1.82) is 0 Å². The second-order valence-corrected chi connectivity index (χ2v) is 34.7. The van der Waals surface area contributed by atoms with Gasteiger partial charge in [0, 0.05) is 18.3 Å². The summed E-state index contributed by atoms with van der Waals surface area (Å²) in [6.07, 6.45) is 23.3. The maximum absolute atomic E-state index is 11.0. The molecule has 4 atom stereocenters. The van der Waals surface area contributed by atoms with Gasteiger partial charge in [-0.25, -0.2) is 0 Å². The van der Waals surface area contributed by atoms with Crippen LogP contribution in [0.2, 0.25) is 54.4 Å². The summed E-state index contributed by atoms with van der Waals surface area (Å²) in [6.45, 7) is 41.4. The lowest BCUT2D eigenvalue weighted by molar-refractivity contribution is 0.0290. The van der Waals surface area contributed by atoms with Crippen molar-refractivity contribution in [3.63, 3.8) is 0 Å². The summed E-state index contributed by atoms with van der Waals surface area (Å²) in [4.78, 5) is 0. The lowest BCUT2D eigenvalue weighted by Crippen LogP contribution is -2.49. The molecule has 0 spiro atoms. The second kappa shape index (κ2) is 23.2. The van der Waals surface area contributed by atoms with Gasteiger partial charge in [0.25, 0.3) is 0 Å². The van der Waals surface area contributed by atoms with Crippen molar-refractivity contribution >= 4 is 25.0 Å². The zero-order valence-corrected chi connectivity index (χ0v) is 40.0. The van der Waals surface area contributed by atoms with Gasteiger partial charge >= 0.3 is 0 Å². The molecule has 0 aromatic carbocycles. The van der Waals surface area contributed by atoms with Gasteiger partial charge in [-0.2, -0.15) is 0 Å². The van der Waals surface area contributed by atoms with Crippen molar-refractivity contribution in [1.82, 2.24) is 0 Å². The van der Waals surface area contributed by atoms with Crippen molar-refractivity contribution < 1.29 is 18.4 Å². The van der Waals surface area contributed by atoms with Crippen LogP contribution in [0.1, 0.15) is 185 Å². The average molecular weight is 757 g/mol. The van der Waals surface area contributed by atoms with Crippen LogP contribution in [-0.2, 0) is 13.3 Å². The maximum Gasteiger partial charge on any atom is 0.192 e. The molecule has 0 aromatic rings. The maximum atomic E-state index is 11.0. The van der Waals surface area contributed by atoms with E-state index >= 15 is 0 Å². The highest BCUT2D eigenvalue weighted by molar-refractivity contribution is 6.75. The molecule has 0 radical (unpaired) electrons. The van der Waals surface area contributed by atoms with E-state index in [4.69, 9.17) is 13.3 Å². The molecule has 0 aliphatic rings. The number of aliphatic hydroxyl groups excluding tert-OH is 1. The van der Waals surface area contributed by atoms with Crippen LogP contribution in [0.15, 0.2) is 12.7 Å². The number of rotatable bonds is 28. The summed E-state index contributed by atoms with van der Waals surface area (Å²) >= 11 is 0. The van der Waals surface area contributed by atoms with E-state index in [1.54, 1.807) is 0 Å². The Bertz CT molecular complexity index is 882. The van der Waals surface area contributed by atoms with Crippen LogP contribution in [0.4, 0.5) is 0 Å². The topological polar surface area (TPSA) is 47.9 Å². The molecule has 0 rings (SSSR count). The molecule has 0 heterocycles. The molecule has 0 saturated heterocycles. The van der Waals surface area contributed by atoms with Crippen LogP contribution in [0.25, 0.3) is 0 Å². The molecule has 7 heteroatoms. The van der Waals surface area contributed by atoms with Gasteiger partial charge in [0.05, 0.1) is 6.10 Å². The highest BCUT2D eigenvalue weighted by Crippen LogP contribution is 2.42. The van der Waals surface area contributed by atoms with Gasteiger partial charge in [-0.05, 0) is 86.5 Å². The van der Waals surface area contributed by atoms with Crippen LogP contribution in [0.3, 0.4) is 0 Å². The smallest absolute Gasteiger partial charge is 0.192 e. The van der Waals surface area contributed by atoms with Crippen molar-refractivity contribution in [2.45, 2.75) is 264 Å². The van der Waals surface area contributed by atoms with Crippen molar-refractivity contribution in [2.24, 2.45) is 0 Å². The zero-order chi connectivity index (χ0) is 38.9. The summed E-state index contributed by atoms with van der Waals surface area (Å²) < 4.78 is 21.7. The van der Waals surface area contributed by atoms with Gasteiger partial charge in [0.2, 0.25) is 0 Å². The first kappa shape index (κ1) is 50.2. The van der Waals surface area contributed by atoms with Gasteiger partial charge in [-0.3, -0.25) is 0 Å². The average Bonchev–Trinajstić information content (AvgIpc) is 2.93. The first-order valence-electron chi connectivity index (χ1n) is 21.1. The summed E-state index contributed by atoms with van der Waals surface area (Å²) in [6, 6.07) is 0. The Morgan fingerprint density at radius 2 is 0.800 bits per heavy atom. The van der Waals surface area contributed by atoms with Crippen molar-refractivity contribution in [2.75, 3.05) is 0 Å². The number of aliphatic hydroxyl groups is 1. The van der Waals surface area contributed by atoms with Crippen LogP contribution in [0, 0.1) is 0 Å². The third-order valence-corrected chi connectivity index (χ3v) is 26.1. The Kier molecular flexibility index (Phi) is 23.3. The Morgan fingerprint density at radius 1 is 0.500 bits per heavy atom. The number of hydrogen-bond acceptors (Lipinski definition) is 4. The fraction of sp³-hybridized carbons (Fsp3) is 0.953. The standard InChI is InChI=1S/C43H92O4Si3/c1-18-20-21-22-23-24-25-26-27-28-29-30-31-33-38(45-48(12,13)41(3,4)5)35-40(47-50(16,17)43(9,10)11)36-39(34-37(44)32-19-2)46-49(14,15)42(6,7)8/h19,37-40,44H,2,18,20-36H2,1,3-17H3/t37-,38-,39+,40-/m0/s1. The van der Waals surface area contributed by atoms with Gasteiger partial charge in [0.15, 0.2) is 25.0 Å². The van der Waals surface area contributed by atoms with E-state index in [2.05, 4.69) is 115 Å². The van der Waals surface area contributed by atoms with Crippen LogP contribution in [0.5, 0.6) is 0 Å². The normalized spacial score (nSPS) is 16.3. The summed E-state index contributed by atoms with van der Waals surface area (Å²) in [5.74, 6) is 0. The molecule has 1 N–H and O–H groups in total. The quantitative estimate of drug-likeness (QED) is 0.0491. The zero-order valence-electron chi connectivity index (χ0n) is 37.0. The SMILES string of the molecule is C=CC[C@H](O)C[C@H](C[C@H](C[C@H](CCCCCCCCCCCCCCC)O[Si](C)(C)C(C)(C)C)O[Si](C)(C)C(C)(C)C)O[Si](C)(C)C(C)(C)C. The third kappa shape index (κ3) is 20.6. The van der Waals surface area contributed by atoms with E-state index in [0.29, 0.717) is 12.8 Å². The summed E-state index contributed by atoms with van der Waals surface area (Å²) in [7, 11) is -6.16. The molecule has 4 nitrogen and oxygen atoms in total. The minimum absolute atomic E-state index is 0.0262. The molecular formula is C43H92O4Si3. The largest absolute Gasteiger partial charge is 0.414 e. The molecule has 0 bridgehead atoms. The van der Waals surface area contributed by atoms with E-state index in [-0.39, 0.29) is 33.4 Å². The number of unbranched alkanes of at least 4 members (excludes halogenated alkanes) is 12. The highest BCUT2D eigenvalue weighted by atomic mass is 28.4. The summed E-state index contributed by atoms with van der Waals surface area (Å²) in [5, 5.41) is 11.4. The molecular weight excluding hydrogens is 665 g/mol. The van der Waals surface area contributed by atoms with Gasteiger partial charge < -0.3 is 18.4 Å². The molecule has 0 aliphatic heterocycles. The van der Waals surface area contributed by atoms with Crippen LogP contribution < -0.4 is 0 Å². The van der Waals surface area contributed by atoms with E-state index in [1.807, 2.05) is 6.08 Å². The first-order valence-corrected chi connectivity index (χ1v) is 29.8. The van der Waals surface area contributed by atoms with Crippen molar-refractivity contribution in [3.05, 3.63) is 12.7 Å². The Labute approximate surface area is 318 Å². The molecule has 0 fully saturated rings. The predicted octanol–water partition coefficient (Wildman–Crippen LogP) is 14.7. The van der Waals surface area contributed by atoms with E-state index in [1.165, 1.54) is 83.5 Å². The molecule has 300 valence electrons. The fourth-order valence-corrected chi connectivity index (χ4v) is 10.1. The molecule has 0 unspecified atom stereocenters. The highest BCUT2D eigenvalue weighted by Gasteiger charge is 2.44. The van der Waals surface area contributed by atoms with E-state index in [0.717, 1.165) is 19.3 Å². The minimum atomic E-state index is -2.09. The molecule has 0 aromatic heterocycles. The third-order valence-electron chi connectivity index (χ3n) is 12.5. The van der Waals surface area contributed by atoms with Gasteiger partial charge in [0.1, 0.15) is 0 Å². The monoisotopic (exact) mass is 757 g/mol. The molecule has 0 amide bonds. The number of hydrogen-bond donors (Lipinski definition) is 1. The van der Waals surface area contributed by atoms with Gasteiger partial charge in [-0.1, -0.05) is 159 Å². The molecule has 0 aliphatic carbocycles. The van der Waals surface area contributed by atoms with Crippen LogP contribution in [-0.4, -0.2) is 54.5 Å². The first-order chi connectivity index (χ1) is 22.8. The Morgan fingerprint density at radius 3 is 1.14 bits per heavy atom. The van der Waals surface area contributed by atoms with E-state index < -0.39 is 31.1 Å². The predicted molar refractivity (Wildman–Crippen MR) is 231 cm³/mol. The molecule has 50 heavy (non-hydrogen) atoms. The second-order valence-electron chi connectivity index (χ2n) is 20.4.